The van der Waals surface area contributed by atoms with Crippen LogP contribution in [-0.2, 0) is 10.8 Å². The van der Waals surface area contributed by atoms with E-state index in [9.17, 15) is 0 Å². The van der Waals surface area contributed by atoms with E-state index in [-0.39, 0.29) is 5.41 Å². The predicted octanol–water partition coefficient (Wildman–Crippen LogP) is 15.2. The zero-order chi connectivity index (χ0) is 39.6. The number of para-hydroxylation sites is 1. The molecule has 59 heavy (non-hydrogen) atoms. The van der Waals surface area contributed by atoms with Crippen molar-refractivity contribution in [1.29, 1.82) is 0 Å². The van der Waals surface area contributed by atoms with Gasteiger partial charge in [0, 0.05) is 27.9 Å². The van der Waals surface area contributed by atoms with Crippen LogP contribution < -0.4 is 4.90 Å². The molecule has 280 valence electrons. The van der Waals surface area contributed by atoms with E-state index >= 15 is 0 Å². The smallest absolute Gasteiger partial charge is 0.0714 e. The van der Waals surface area contributed by atoms with E-state index in [4.69, 9.17) is 0 Å². The van der Waals surface area contributed by atoms with Crippen molar-refractivity contribution >= 4 is 17.1 Å². The van der Waals surface area contributed by atoms with Crippen molar-refractivity contribution < 1.29 is 0 Å². The molecule has 2 aliphatic rings. The number of nitrogens with zero attached hydrogens (tertiary/aromatic N) is 1. The molecular weight excluding hydrogens is 711 g/mol. The quantitative estimate of drug-likeness (QED) is 0.157. The summed E-state index contributed by atoms with van der Waals surface area (Å²) in [6.45, 7) is 4.83. The maximum absolute atomic E-state index is 2.60. The van der Waals surface area contributed by atoms with Gasteiger partial charge >= 0.3 is 0 Å². The highest BCUT2D eigenvalue weighted by molar-refractivity contribution is 6.07. The summed E-state index contributed by atoms with van der Waals surface area (Å²) in [6.07, 6.45) is 0. The maximum atomic E-state index is 2.60. The molecule has 9 aromatic carbocycles. The predicted molar refractivity (Wildman–Crippen MR) is 247 cm³/mol. The van der Waals surface area contributed by atoms with Crippen LogP contribution >= 0.6 is 0 Å². The summed E-state index contributed by atoms with van der Waals surface area (Å²) in [5.41, 5.74) is 20.4. The Morgan fingerprint density at radius 3 is 1.39 bits per heavy atom. The molecule has 0 aliphatic heterocycles. The molecule has 1 nitrogen and oxygen atoms in total. The molecule has 0 bridgehead atoms. The standard InChI is InChI=1S/C58H43N/c1-57(2)50-31-19-18-30-48(50)54-52(57)39-53-55(56(54)59(46-28-16-7-17-29-46)47-35-32-42(33-36-47)40-20-8-3-9-21-40)49-38-43(41-22-10-4-11-23-41)34-37-51(49)58(53,44-24-12-5-13-25-44)45-26-14-6-15-27-45/h3-39H,1-2H3. The Labute approximate surface area is 347 Å². The molecule has 0 spiro atoms. The molecule has 9 aromatic rings. The second kappa shape index (κ2) is 13.7. The Morgan fingerprint density at radius 2 is 0.780 bits per heavy atom. The fourth-order valence-corrected chi connectivity index (χ4v) is 10.2. The zero-order valence-corrected chi connectivity index (χ0v) is 33.3. The van der Waals surface area contributed by atoms with Crippen molar-refractivity contribution in [2.24, 2.45) is 0 Å². The highest BCUT2D eigenvalue weighted by Crippen LogP contribution is 2.65. The Bertz CT molecular complexity index is 2930. The van der Waals surface area contributed by atoms with Crippen molar-refractivity contribution in [3.05, 3.63) is 258 Å². The Hall–Kier alpha value is -7.22. The monoisotopic (exact) mass is 753 g/mol. The molecule has 2 aliphatic carbocycles. The lowest BCUT2D eigenvalue weighted by Gasteiger charge is -2.36. The first-order valence-electron chi connectivity index (χ1n) is 20.7. The van der Waals surface area contributed by atoms with E-state index in [0.29, 0.717) is 0 Å². The van der Waals surface area contributed by atoms with Crippen LogP contribution in [0.3, 0.4) is 0 Å². The third-order valence-electron chi connectivity index (χ3n) is 12.9. The molecule has 0 radical (unpaired) electrons. The number of hydrogen-bond acceptors (Lipinski definition) is 1. The van der Waals surface area contributed by atoms with Gasteiger partial charge in [0.15, 0.2) is 0 Å². The van der Waals surface area contributed by atoms with Crippen LogP contribution in [-0.4, -0.2) is 0 Å². The molecular formula is C58H43N. The lowest BCUT2D eigenvalue weighted by Crippen LogP contribution is -2.29. The summed E-state index contributed by atoms with van der Waals surface area (Å²) in [4.78, 5) is 2.55. The van der Waals surface area contributed by atoms with Gasteiger partial charge in [0.05, 0.1) is 11.1 Å². The van der Waals surface area contributed by atoms with Gasteiger partial charge in [-0.2, -0.15) is 0 Å². The van der Waals surface area contributed by atoms with Crippen LogP contribution in [0.25, 0.3) is 44.5 Å². The summed E-state index contributed by atoms with van der Waals surface area (Å²) in [5, 5.41) is 0. The van der Waals surface area contributed by atoms with Crippen molar-refractivity contribution in [3.63, 3.8) is 0 Å². The van der Waals surface area contributed by atoms with Crippen LogP contribution in [0.1, 0.15) is 47.2 Å². The van der Waals surface area contributed by atoms with Crippen LogP contribution in [0.4, 0.5) is 17.1 Å². The molecule has 11 rings (SSSR count). The average Bonchev–Trinajstić information content (AvgIpc) is 3.73. The first-order chi connectivity index (χ1) is 29.0. The summed E-state index contributed by atoms with van der Waals surface area (Å²) < 4.78 is 0. The molecule has 0 N–H and O–H groups in total. The summed E-state index contributed by atoms with van der Waals surface area (Å²) in [5.74, 6) is 0. The number of fused-ring (bicyclic) bond motifs is 6. The summed E-state index contributed by atoms with van der Waals surface area (Å²) in [7, 11) is 0. The van der Waals surface area contributed by atoms with Crippen LogP contribution in [0.2, 0.25) is 0 Å². The van der Waals surface area contributed by atoms with Crippen molar-refractivity contribution in [2.45, 2.75) is 24.7 Å². The highest BCUT2D eigenvalue weighted by Gasteiger charge is 2.51. The Kier molecular flexibility index (Phi) is 8.13. The molecule has 0 atom stereocenters. The minimum Gasteiger partial charge on any atom is -0.309 e. The number of benzene rings is 9. The van der Waals surface area contributed by atoms with E-state index in [2.05, 4.69) is 243 Å². The third-order valence-corrected chi connectivity index (χ3v) is 12.9. The largest absolute Gasteiger partial charge is 0.309 e. The second-order valence-electron chi connectivity index (χ2n) is 16.4. The minimum absolute atomic E-state index is 0.252. The summed E-state index contributed by atoms with van der Waals surface area (Å²) >= 11 is 0. The number of rotatable bonds is 7. The lowest BCUT2D eigenvalue weighted by atomic mass is 9.66. The molecule has 0 fully saturated rings. The Balaban J connectivity index is 1.32. The van der Waals surface area contributed by atoms with Gasteiger partial charge in [0.1, 0.15) is 0 Å². The highest BCUT2D eigenvalue weighted by atomic mass is 15.1. The molecule has 1 heteroatoms. The van der Waals surface area contributed by atoms with Crippen LogP contribution in [0.5, 0.6) is 0 Å². The van der Waals surface area contributed by atoms with E-state index < -0.39 is 5.41 Å². The van der Waals surface area contributed by atoms with Crippen molar-refractivity contribution in [1.82, 2.24) is 0 Å². The SMILES string of the molecule is CC1(C)c2ccccc2-c2c1cc1c(c2N(c2ccccc2)c2ccc(-c3ccccc3)cc2)-c2cc(-c3ccccc3)ccc2C1(c1ccccc1)c1ccccc1. The van der Waals surface area contributed by atoms with Gasteiger partial charge in [-0.3, -0.25) is 0 Å². The van der Waals surface area contributed by atoms with Crippen molar-refractivity contribution in [3.8, 4) is 44.5 Å². The molecule has 0 aromatic heterocycles. The number of anilines is 3. The lowest BCUT2D eigenvalue weighted by molar-refractivity contribution is 0.656. The first kappa shape index (κ1) is 35.0. The topological polar surface area (TPSA) is 3.24 Å². The first-order valence-corrected chi connectivity index (χ1v) is 20.7. The molecule has 0 heterocycles. The van der Waals surface area contributed by atoms with Gasteiger partial charge in [0.25, 0.3) is 0 Å². The van der Waals surface area contributed by atoms with Gasteiger partial charge in [0.2, 0.25) is 0 Å². The minimum atomic E-state index is -0.587. The Morgan fingerprint density at radius 1 is 0.322 bits per heavy atom. The van der Waals surface area contributed by atoms with E-state index in [1.165, 1.54) is 83.6 Å². The third kappa shape index (κ3) is 5.31. The van der Waals surface area contributed by atoms with Gasteiger partial charge in [-0.15, -0.1) is 0 Å². The van der Waals surface area contributed by atoms with E-state index in [0.717, 1.165) is 11.4 Å². The van der Waals surface area contributed by atoms with E-state index in [1.54, 1.807) is 0 Å². The van der Waals surface area contributed by atoms with Crippen LogP contribution in [0, 0.1) is 0 Å². The fourth-order valence-electron chi connectivity index (χ4n) is 10.2. The molecule has 0 unspecified atom stereocenters. The molecule has 0 saturated carbocycles. The van der Waals surface area contributed by atoms with E-state index in [1.807, 2.05) is 0 Å². The van der Waals surface area contributed by atoms with Gasteiger partial charge in [-0.1, -0.05) is 208 Å². The second-order valence-corrected chi connectivity index (χ2v) is 16.4. The average molecular weight is 754 g/mol. The maximum Gasteiger partial charge on any atom is 0.0714 e. The summed E-state index contributed by atoms with van der Waals surface area (Å²) in [6, 6.07) is 83.1. The zero-order valence-electron chi connectivity index (χ0n) is 33.3. The van der Waals surface area contributed by atoms with Gasteiger partial charge in [-0.05, 0) is 97.1 Å². The molecule has 0 saturated heterocycles. The fraction of sp³-hybridized carbons (Fsp3) is 0.0690. The van der Waals surface area contributed by atoms with Crippen molar-refractivity contribution in [2.75, 3.05) is 4.90 Å². The number of hydrogen-bond donors (Lipinski definition) is 0. The normalized spacial score (nSPS) is 13.9. The van der Waals surface area contributed by atoms with Gasteiger partial charge in [-0.25, -0.2) is 0 Å². The van der Waals surface area contributed by atoms with Crippen LogP contribution in [0.15, 0.2) is 224 Å². The molecule has 0 amide bonds. The van der Waals surface area contributed by atoms with Gasteiger partial charge < -0.3 is 4.90 Å².